The highest BCUT2D eigenvalue weighted by Crippen LogP contribution is 2.76. The number of ether oxygens (including phenoxy) is 1. The number of hydrogen-bond acceptors (Lipinski definition) is 6. The van der Waals surface area contributed by atoms with Crippen LogP contribution in [0.5, 0.6) is 0 Å². The van der Waals surface area contributed by atoms with Crippen molar-refractivity contribution in [2.24, 2.45) is 39.4 Å². The standard InChI is InChI=1S/C32H57NO4S/c1-11-29(9)20-24(37-25(34)21-38-18-17-33(13-3)14-4)30(10)22(5)19-28(7,8)32(23(6)26(29)35)16-15-31(36,12-2)27(30)32/h11,22-24,26-27,35-36H,1,12-21H2,2-10H3/t22-,23+,24-,26+,27-,29-,30+,31-,32-/m1/s1. The molecular formula is C32H57NO4S. The molecule has 0 heterocycles. The molecule has 2 bridgehead atoms. The van der Waals surface area contributed by atoms with Gasteiger partial charge in [-0.3, -0.25) is 4.79 Å². The van der Waals surface area contributed by atoms with E-state index in [4.69, 9.17) is 4.74 Å². The third-order valence-electron chi connectivity index (χ3n) is 12.1. The molecule has 5 nitrogen and oxygen atoms in total. The summed E-state index contributed by atoms with van der Waals surface area (Å²) >= 11 is 1.64. The molecule has 0 unspecified atom stereocenters. The van der Waals surface area contributed by atoms with Crippen LogP contribution in [0.25, 0.3) is 0 Å². The largest absolute Gasteiger partial charge is 0.461 e. The lowest BCUT2D eigenvalue weighted by Crippen LogP contribution is -2.70. The molecule has 3 rings (SSSR count). The Bertz CT molecular complexity index is 860. The lowest BCUT2D eigenvalue weighted by molar-refractivity contribution is -0.268. The van der Waals surface area contributed by atoms with Crippen LogP contribution in [-0.2, 0) is 9.53 Å². The van der Waals surface area contributed by atoms with Gasteiger partial charge < -0.3 is 19.8 Å². The quantitative estimate of drug-likeness (QED) is 0.192. The minimum Gasteiger partial charge on any atom is -0.461 e. The molecule has 0 aromatic rings. The molecule has 3 saturated carbocycles. The van der Waals surface area contributed by atoms with Crippen LogP contribution < -0.4 is 0 Å². The summed E-state index contributed by atoms with van der Waals surface area (Å²) in [5, 5.41) is 24.3. The van der Waals surface area contributed by atoms with Crippen molar-refractivity contribution in [2.45, 2.75) is 112 Å². The Morgan fingerprint density at radius 1 is 1.11 bits per heavy atom. The van der Waals surface area contributed by atoms with E-state index in [0.717, 1.165) is 44.6 Å². The Balaban J connectivity index is 2.04. The topological polar surface area (TPSA) is 70.0 Å². The number of nitrogens with zero attached hydrogens (tertiary/aromatic N) is 1. The minimum atomic E-state index is -0.847. The van der Waals surface area contributed by atoms with Crippen LogP contribution in [-0.4, -0.2) is 70.0 Å². The summed E-state index contributed by atoms with van der Waals surface area (Å²) in [5.41, 5.74) is -2.21. The van der Waals surface area contributed by atoms with E-state index < -0.39 is 28.6 Å². The van der Waals surface area contributed by atoms with Crippen LogP contribution in [0.4, 0.5) is 0 Å². The fourth-order valence-electron chi connectivity index (χ4n) is 9.55. The molecular weight excluding hydrogens is 494 g/mol. The maximum Gasteiger partial charge on any atom is 0.316 e. The van der Waals surface area contributed by atoms with E-state index in [1.54, 1.807) is 11.8 Å². The number of aliphatic hydroxyl groups excluding tert-OH is 1. The van der Waals surface area contributed by atoms with Crippen molar-refractivity contribution in [3.05, 3.63) is 12.7 Å². The van der Waals surface area contributed by atoms with E-state index >= 15 is 0 Å². The maximum absolute atomic E-state index is 13.4. The second-order valence-electron chi connectivity index (χ2n) is 14.0. The van der Waals surface area contributed by atoms with Gasteiger partial charge in [-0.05, 0) is 67.9 Å². The molecule has 3 aliphatic rings. The fourth-order valence-corrected chi connectivity index (χ4v) is 10.3. The molecule has 38 heavy (non-hydrogen) atoms. The first-order valence-corrected chi connectivity index (χ1v) is 16.3. The molecule has 9 atom stereocenters. The normalized spacial score (nSPS) is 44.3. The molecule has 0 spiro atoms. The Morgan fingerprint density at radius 2 is 1.74 bits per heavy atom. The number of thioether (sulfide) groups is 1. The van der Waals surface area contributed by atoms with Gasteiger partial charge in [-0.25, -0.2) is 0 Å². The molecule has 0 aromatic carbocycles. The summed E-state index contributed by atoms with van der Waals surface area (Å²) in [6, 6.07) is 0. The summed E-state index contributed by atoms with van der Waals surface area (Å²) < 4.78 is 6.49. The van der Waals surface area contributed by atoms with Gasteiger partial charge in [-0.15, -0.1) is 18.3 Å². The zero-order valence-electron chi connectivity index (χ0n) is 25.8. The highest BCUT2D eigenvalue weighted by molar-refractivity contribution is 7.99. The SMILES string of the molecule is C=C[C@]1(C)C[C@@H](OC(=O)CSCCN(CC)CC)[C@]2(C)[C@H](C)CC(C)(C)[C@]3(CC[C@](O)(CC)[C@@H]23)[C@@H](C)[C@@H]1O. The molecule has 0 radical (unpaired) electrons. The van der Waals surface area contributed by atoms with Gasteiger partial charge in [0.2, 0.25) is 0 Å². The predicted molar refractivity (Wildman–Crippen MR) is 159 cm³/mol. The highest BCUT2D eigenvalue weighted by Gasteiger charge is 2.75. The van der Waals surface area contributed by atoms with Crippen LogP contribution in [0.2, 0.25) is 0 Å². The second kappa shape index (κ2) is 11.4. The molecule has 3 aliphatic carbocycles. The summed E-state index contributed by atoms with van der Waals surface area (Å²) in [5.74, 6) is 1.19. The highest BCUT2D eigenvalue weighted by atomic mass is 32.2. The van der Waals surface area contributed by atoms with Crippen LogP contribution in [0.15, 0.2) is 12.7 Å². The maximum atomic E-state index is 13.4. The lowest BCUT2D eigenvalue weighted by atomic mass is 9.36. The van der Waals surface area contributed by atoms with Crippen molar-refractivity contribution in [2.75, 3.05) is 31.1 Å². The lowest BCUT2D eigenvalue weighted by Gasteiger charge is -2.69. The van der Waals surface area contributed by atoms with E-state index in [-0.39, 0.29) is 34.6 Å². The summed E-state index contributed by atoms with van der Waals surface area (Å²) in [7, 11) is 0. The van der Waals surface area contributed by atoms with E-state index in [1.165, 1.54) is 0 Å². The Hall–Kier alpha value is -0.560. The third kappa shape index (κ3) is 4.92. The van der Waals surface area contributed by atoms with Crippen molar-refractivity contribution in [1.29, 1.82) is 0 Å². The summed E-state index contributed by atoms with van der Waals surface area (Å²) in [4.78, 5) is 15.8. The molecule has 0 amide bonds. The van der Waals surface area contributed by atoms with E-state index in [2.05, 4.69) is 73.8 Å². The van der Waals surface area contributed by atoms with Gasteiger partial charge in [0, 0.05) is 29.0 Å². The van der Waals surface area contributed by atoms with E-state index in [9.17, 15) is 15.0 Å². The smallest absolute Gasteiger partial charge is 0.316 e. The predicted octanol–water partition coefficient (Wildman–Crippen LogP) is 6.18. The molecule has 6 heteroatoms. The number of aliphatic hydroxyl groups is 2. The van der Waals surface area contributed by atoms with Gasteiger partial charge in [0.15, 0.2) is 0 Å². The van der Waals surface area contributed by atoms with Crippen LogP contribution in [0.3, 0.4) is 0 Å². The van der Waals surface area contributed by atoms with Crippen molar-refractivity contribution < 1.29 is 19.7 Å². The number of rotatable bonds is 10. The van der Waals surface area contributed by atoms with Crippen LogP contribution in [0.1, 0.15) is 94.4 Å². The first kappa shape index (κ1) is 32.0. The average molecular weight is 552 g/mol. The first-order valence-electron chi connectivity index (χ1n) is 15.2. The number of esters is 1. The van der Waals surface area contributed by atoms with E-state index in [0.29, 0.717) is 18.6 Å². The monoisotopic (exact) mass is 551 g/mol. The first-order chi connectivity index (χ1) is 17.6. The molecule has 0 saturated heterocycles. The van der Waals surface area contributed by atoms with Gasteiger partial charge in [0.1, 0.15) is 6.10 Å². The number of carbonyl (C=O) groups excluding carboxylic acids is 1. The summed E-state index contributed by atoms with van der Waals surface area (Å²) in [6.45, 7) is 27.1. The Morgan fingerprint density at radius 3 is 2.29 bits per heavy atom. The molecule has 0 aromatic heterocycles. The number of hydrogen-bond donors (Lipinski definition) is 2. The summed E-state index contributed by atoms with van der Waals surface area (Å²) in [6.07, 6.45) is 4.62. The fraction of sp³-hybridized carbons (Fsp3) is 0.906. The van der Waals surface area contributed by atoms with Gasteiger partial charge in [-0.1, -0.05) is 68.4 Å². The molecule has 0 aliphatic heterocycles. The Kier molecular flexibility index (Phi) is 9.56. The van der Waals surface area contributed by atoms with Gasteiger partial charge in [-0.2, -0.15) is 0 Å². The van der Waals surface area contributed by atoms with E-state index in [1.807, 2.05) is 6.08 Å². The zero-order chi connectivity index (χ0) is 28.7. The van der Waals surface area contributed by atoms with Gasteiger partial charge in [0.05, 0.1) is 17.5 Å². The van der Waals surface area contributed by atoms with Crippen molar-refractivity contribution >= 4 is 17.7 Å². The molecule has 3 fully saturated rings. The van der Waals surface area contributed by atoms with Crippen molar-refractivity contribution in [1.82, 2.24) is 4.90 Å². The zero-order valence-corrected chi connectivity index (χ0v) is 26.6. The number of carbonyl (C=O) groups is 1. The van der Waals surface area contributed by atoms with Crippen LogP contribution >= 0.6 is 11.8 Å². The van der Waals surface area contributed by atoms with Gasteiger partial charge in [0.25, 0.3) is 0 Å². The third-order valence-corrected chi connectivity index (χ3v) is 13.0. The van der Waals surface area contributed by atoms with Crippen molar-refractivity contribution in [3.8, 4) is 0 Å². The molecule has 220 valence electrons. The van der Waals surface area contributed by atoms with Gasteiger partial charge >= 0.3 is 5.97 Å². The minimum absolute atomic E-state index is 0.0230. The second-order valence-corrected chi connectivity index (χ2v) is 15.1. The molecule has 2 N–H and O–H groups in total. The van der Waals surface area contributed by atoms with Crippen LogP contribution in [0, 0.1) is 39.4 Å². The Labute approximate surface area is 237 Å². The van der Waals surface area contributed by atoms with Crippen molar-refractivity contribution in [3.63, 3.8) is 0 Å². The average Bonchev–Trinajstić information content (AvgIpc) is 3.21.